The Hall–Kier alpha value is -2.78. The van der Waals surface area contributed by atoms with Gasteiger partial charge in [0.1, 0.15) is 0 Å². The first-order valence-corrected chi connectivity index (χ1v) is 7.69. The van der Waals surface area contributed by atoms with Crippen LogP contribution in [0.2, 0.25) is 0 Å². The standard InChI is InChI=1S/C16H14N4OS/c1-22-16(18-11-17)20-14-9-5-8-13(10-14)19-15(21)12-6-3-2-4-7-12/h2-10H,1H3,(H,18,20)(H,19,21). The van der Waals surface area contributed by atoms with Crippen LogP contribution in [-0.2, 0) is 0 Å². The number of aliphatic imine (C=N–C) groups is 1. The highest BCUT2D eigenvalue weighted by Gasteiger charge is 2.05. The van der Waals surface area contributed by atoms with E-state index in [0.717, 1.165) is 0 Å². The molecule has 2 aromatic rings. The van der Waals surface area contributed by atoms with Crippen molar-refractivity contribution in [2.45, 2.75) is 0 Å². The van der Waals surface area contributed by atoms with Crippen molar-refractivity contribution in [3.05, 3.63) is 60.2 Å². The maximum atomic E-state index is 12.1. The molecule has 0 aliphatic heterocycles. The van der Waals surface area contributed by atoms with Crippen LogP contribution in [0.1, 0.15) is 10.4 Å². The summed E-state index contributed by atoms with van der Waals surface area (Å²) < 4.78 is 0. The summed E-state index contributed by atoms with van der Waals surface area (Å²) in [6.07, 6.45) is 3.66. The average Bonchev–Trinajstić information content (AvgIpc) is 2.55. The van der Waals surface area contributed by atoms with E-state index in [0.29, 0.717) is 22.1 Å². The van der Waals surface area contributed by atoms with Crippen molar-refractivity contribution < 1.29 is 4.79 Å². The first kappa shape index (κ1) is 15.6. The zero-order chi connectivity index (χ0) is 15.8. The Morgan fingerprint density at radius 1 is 1.18 bits per heavy atom. The van der Waals surface area contributed by atoms with E-state index in [-0.39, 0.29) is 5.91 Å². The van der Waals surface area contributed by atoms with Gasteiger partial charge in [0, 0.05) is 11.3 Å². The van der Waals surface area contributed by atoms with E-state index in [2.05, 4.69) is 15.6 Å². The molecule has 0 unspecified atom stereocenters. The number of amidine groups is 1. The number of nitrogens with zero attached hydrogens (tertiary/aromatic N) is 2. The SMILES string of the molecule is CSC(=Nc1cccc(NC(=O)c2ccccc2)c1)NC#N. The Bertz CT molecular complexity index is 722. The molecule has 110 valence electrons. The third kappa shape index (κ3) is 4.36. The van der Waals surface area contributed by atoms with Crippen LogP contribution in [0.5, 0.6) is 0 Å². The number of thioether (sulfide) groups is 1. The second-order valence-electron chi connectivity index (χ2n) is 4.23. The Kier molecular flexibility index (Phi) is 5.57. The van der Waals surface area contributed by atoms with Gasteiger partial charge in [-0.05, 0) is 36.6 Å². The highest BCUT2D eigenvalue weighted by molar-refractivity contribution is 8.13. The quantitative estimate of drug-likeness (QED) is 0.394. The van der Waals surface area contributed by atoms with E-state index in [1.165, 1.54) is 11.8 Å². The number of carbonyl (C=O) groups is 1. The van der Waals surface area contributed by atoms with Crippen molar-refractivity contribution in [3.63, 3.8) is 0 Å². The lowest BCUT2D eigenvalue weighted by Crippen LogP contribution is -2.12. The maximum absolute atomic E-state index is 12.1. The first-order valence-electron chi connectivity index (χ1n) is 6.47. The number of hydrogen-bond donors (Lipinski definition) is 2. The van der Waals surface area contributed by atoms with Gasteiger partial charge in [0.25, 0.3) is 5.91 Å². The summed E-state index contributed by atoms with van der Waals surface area (Å²) in [4.78, 5) is 16.4. The summed E-state index contributed by atoms with van der Waals surface area (Å²) in [5.41, 5.74) is 1.89. The van der Waals surface area contributed by atoms with Gasteiger partial charge >= 0.3 is 0 Å². The minimum Gasteiger partial charge on any atom is -0.322 e. The molecule has 6 heteroatoms. The Labute approximate surface area is 133 Å². The molecular weight excluding hydrogens is 296 g/mol. The highest BCUT2D eigenvalue weighted by Crippen LogP contribution is 2.20. The van der Waals surface area contributed by atoms with Gasteiger partial charge in [-0.15, -0.1) is 0 Å². The van der Waals surface area contributed by atoms with Crippen LogP contribution < -0.4 is 10.6 Å². The molecule has 0 spiro atoms. The summed E-state index contributed by atoms with van der Waals surface area (Å²) in [7, 11) is 0. The zero-order valence-corrected chi connectivity index (χ0v) is 12.7. The topological polar surface area (TPSA) is 77.3 Å². The van der Waals surface area contributed by atoms with E-state index in [1.54, 1.807) is 36.4 Å². The third-order valence-corrected chi connectivity index (χ3v) is 3.31. The molecule has 0 aliphatic carbocycles. The van der Waals surface area contributed by atoms with E-state index >= 15 is 0 Å². The van der Waals surface area contributed by atoms with E-state index in [1.807, 2.05) is 30.6 Å². The van der Waals surface area contributed by atoms with Gasteiger partial charge < -0.3 is 5.32 Å². The van der Waals surface area contributed by atoms with E-state index in [9.17, 15) is 4.79 Å². The smallest absolute Gasteiger partial charge is 0.255 e. The first-order chi connectivity index (χ1) is 10.7. The van der Waals surface area contributed by atoms with Crippen molar-refractivity contribution in [1.29, 1.82) is 5.26 Å². The molecule has 1 amide bonds. The predicted molar refractivity (Wildman–Crippen MR) is 90.2 cm³/mol. The molecule has 22 heavy (non-hydrogen) atoms. The van der Waals surface area contributed by atoms with Gasteiger partial charge in [-0.25, -0.2) is 4.99 Å². The fourth-order valence-corrected chi connectivity index (χ4v) is 2.08. The molecule has 0 radical (unpaired) electrons. The van der Waals surface area contributed by atoms with Crippen LogP contribution in [0.4, 0.5) is 11.4 Å². The van der Waals surface area contributed by atoms with Crippen molar-refractivity contribution in [2.75, 3.05) is 11.6 Å². The summed E-state index contributed by atoms with van der Waals surface area (Å²) in [5.74, 6) is -0.179. The maximum Gasteiger partial charge on any atom is 0.255 e. The van der Waals surface area contributed by atoms with Crippen LogP contribution in [0.15, 0.2) is 59.6 Å². The van der Waals surface area contributed by atoms with Gasteiger partial charge in [0.05, 0.1) is 5.69 Å². The Morgan fingerprint density at radius 2 is 1.95 bits per heavy atom. The van der Waals surface area contributed by atoms with Gasteiger partial charge in [-0.3, -0.25) is 10.1 Å². The van der Waals surface area contributed by atoms with Crippen molar-refractivity contribution in [1.82, 2.24) is 5.32 Å². The van der Waals surface area contributed by atoms with E-state index < -0.39 is 0 Å². The summed E-state index contributed by atoms with van der Waals surface area (Å²) in [5, 5.41) is 14.4. The van der Waals surface area contributed by atoms with Crippen LogP contribution in [0.25, 0.3) is 0 Å². The molecule has 0 saturated carbocycles. The fourth-order valence-electron chi connectivity index (χ4n) is 1.74. The second kappa shape index (κ2) is 7.86. The molecule has 5 nitrogen and oxygen atoms in total. The van der Waals surface area contributed by atoms with Gasteiger partial charge in [-0.2, -0.15) is 5.26 Å². The molecule has 0 aromatic heterocycles. The molecule has 0 aliphatic rings. The van der Waals surface area contributed by atoms with Crippen molar-refractivity contribution >= 4 is 34.2 Å². The van der Waals surface area contributed by atoms with Crippen LogP contribution in [0, 0.1) is 11.5 Å². The molecule has 0 saturated heterocycles. The molecule has 0 fully saturated rings. The lowest BCUT2D eigenvalue weighted by atomic mass is 10.2. The lowest BCUT2D eigenvalue weighted by molar-refractivity contribution is 0.102. The number of amides is 1. The lowest BCUT2D eigenvalue weighted by Gasteiger charge is -2.06. The Morgan fingerprint density at radius 3 is 2.64 bits per heavy atom. The second-order valence-corrected chi connectivity index (χ2v) is 5.02. The predicted octanol–water partition coefficient (Wildman–Crippen LogP) is 3.36. The van der Waals surface area contributed by atoms with Crippen LogP contribution in [-0.4, -0.2) is 17.3 Å². The van der Waals surface area contributed by atoms with Gasteiger partial charge in [0.2, 0.25) is 0 Å². The number of nitriles is 1. The normalized spacial score (nSPS) is 10.6. The number of anilines is 1. The zero-order valence-electron chi connectivity index (χ0n) is 11.9. The number of carbonyl (C=O) groups excluding carboxylic acids is 1. The van der Waals surface area contributed by atoms with Crippen molar-refractivity contribution in [3.8, 4) is 6.19 Å². The van der Waals surface area contributed by atoms with Gasteiger partial charge in [-0.1, -0.05) is 36.0 Å². The molecular formula is C16H14N4OS. The van der Waals surface area contributed by atoms with Crippen molar-refractivity contribution in [2.24, 2.45) is 4.99 Å². The number of nitrogens with one attached hydrogen (secondary N) is 2. The average molecular weight is 310 g/mol. The number of rotatable bonds is 3. The molecule has 2 N–H and O–H groups in total. The fraction of sp³-hybridized carbons (Fsp3) is 0.0625. The van der Waals surface area contributed by atoms with E-state index in [4.69, 9.17) is 5.26 Å². The molecule has 0 atom stereocenters. The molecule has 0 bridgehead atoms. The van der Waals surface area contributed by atoms with Gasteiger partial charge in [0.15, 0.2) is 11.4 Å². The minimum absolute atomic E-state index is 0.179. The number of benzene rings is 2. The summed E-state index contributed by atoms with van der Waals surface area (Å²) >= 11 is 1.34. The molecule has 0 heterocycles. The van der Waals surface area contributed by atoms with Crippen LogP contribution >= 0.6 is 11.8 Å². The third-order valence-electron chi connectivity index (χ3n) is 2.73. The Balaban J connectivity index is 2.15. The minimum atomic E-state index is -0.179. The van der Waals surface area contributed by atoms with Crippen LogP contribution in [0.3, 0.4) is 0 Å². The number of hydrogen-bond acceptors (Lipinski definition) is 4. The molecule has 2 rings (SSSR count). The molecule has 2 aromatic carbocycles. The summed E-state index contributed by atoms with van der Waals surface area (Å²) in [6.45, 7) is 0. The highest BCUT2D eigenvalue weighted by atomic mass is 32.2. The monoisotopic (exact) mass is 310 g/mol. The summed E-state index contributed by atoms with van der Waals surface area (Å²) in [6, 6.07) is 16.1. The largest absolute Gasteiger partial charge is 0.322 e.